The third kappa shape index (κ3) is 4.58. The Kier molecular flexibility index (Phi) is 6.44. The van der Waals surface area contributed by atoms with Crippen molar-refractivity contribution in [1.29, 1.82) is 0 Å². The summed E-state index contributed by atoms with van der Waals surface area (Å²) >= 11 is 0. The number of hydrogen-bond donors (Lipinski definition) is 3. The number of nitrogens with one attached hydrogen (secondary N) is 2. The Hall–Kier alpha value is -3.64. The van der Waals surface area contributed by atoms with Crippen LogP contribution in [0.5, 0.6) is 0 Å². The number of imidazole rings is 1. The minimum atomic E-state index is -3.65. The molecule has 1 fully saturated rings. The second-order valence-electron chi connectivity index (χ2n) is 9.53. The zero-order valence-electron chi connectivity index (χ0n) is 20.5. The minimum Gasteiger partial charge on any atom is -0.456 e. The predicted octanol–water partition coefficient (Wildman–Crippen LogP) is 2.46. The van der Waals surface area contributed by atoms with Crippen LogP contribution in [-0.4, -0.2) is 65.9 Å². The molecule has 0 spiro atoms. The van der Waals surface area contributed by atoms with E-state index in [1.165, 1.54) is 4.31 Å². The van der Waals surface area contributed by atoms with Crippen LogP contribution in [0.4, 0.5) is 0 Å². The van der Waals surface area contributed by atoms with Crippen LogP contribution in [0.3, 0.4) is 0 Å². The summed E-state index contributed by atoms with van der Waals surface area (Å²) in [7, 11) is -3.65. The van der Waals surface area contributed by atoms with Crippen molar-refractivity contribution < 1.29 is 22.8 Å². The lowest BCUT2D eigenvalue weighted by Crippen LogP contribution is -2.47. The highest BCUT2D eigenvalue weighted by Gasteiger charge is 2.30. The fourth-order valence-electron chi connectivity index (χ4n) is 5.00. The van der Waals surface area contributed by atoms with Gasteiger partial charge in [0.15, 0.2) is 0 Å². The molecule has 11 heteroatoms. The van der Waals surface area contributed by atoms with Crippen molar-refractivity contribution in [1.82, 2.24) is 19.3 Å². The number of fused-ring (bicyclic) bond motifs is 4. The monoisotopic (exact) mass is 536 g/mol. The van der Waals surface area contributed by atoms with Gasteiger partial charge in [0, 0.05) is 36.4 Å². The molecule has 38 heavy (non-hydrogen) atoms. The van der Waals surface area contributed by atoms with E-state index in [0.717, 1.165) is 21.1 Å². The molecule has 1 atom stereocenters. The lowest BCUT2D eigenvalue weighted by atomic mass is 10.1. The van der Waals surface area contributed by atoms with Crippen LogP contribution >= 0.6 is 0 Å². The average molecular weight is 537 g/mol. The summed E-state index contributed by atoms with van der Waals surface area (Å²) in [6.07, 6.45) is 0.394. The Labute approximate surface area is 218 Å². The number of H-pyrrole nitrogens is 1. The molecular formula is C27H28N4O6S. The number of nitrogens with zero attached hydrogens (tertiary/aromatic N) is 2. The smallest absolute Gasteiger partial charge is 0.359 e. The number of hydrogen-bond acceptors (Lipinski definition) is 7. The highest BCUT2D eigenvalue weighted by Crippen LogP contribution is 2.31. The van der Waals surface area contributed by atoms with Gasteiger partial charge in [0.1, 0.15) is 29.4 Å². The number of furan rings is 1. The molecule has 3 N–H and O–H groups in total. The summed E-state index contributed by atoms with van der Waals surface area (Å²) in [5.41, 5.74) is 2.24. The SMILES string of the molecule is O=c1[nH]c2ccccc2n1OCC(O)CNC1CCN(S(=O)(=O)c2ccc3oc4ccccc4c3c2)CC1. The Morgan fingerprint density at radius 2 is 1.76 bits per heavy atom. The van der Waals surface area contributed by atoms with E-state index in [0.29, 0.717) is 42.5 Å². The number of piperidine rings is 1. The van der Waals surface area contributed by atoms with E-state index >= 15 is 0 Å². The molecule has 2 aromatic heterocycles. The molecule has 0 saturated carbocycles. The Balaban J connectivity index is 1.04. The summed E-state index contributed by atoms with van der Waals surface area (Å²) < 4.78 is 35.2. The number of para-hydroxylation sites is 3. The topological polar surface area (TPSA) is 130 Å². The van der Waals surface area contributed by atoms with Crippen molar-refractivity contribution in [3.63, 3.8) is 0 Å². The van der Waals surface area contributed by atoms with E-state index in [9.17, 15) is 18.3 Å². The maximum absolute atomic E-state index is 13.4. The fourth-order valence-corrected chi connectivity index (χ4v) is 6.49. The fraction of sp³-hybridized carbons (Fsp3) is 0.296. The van der Waals surface area contributed by atoms with Crippen molar-refractivity contribution >= 4 is 43.0 Å². The summed E-state index contributed by atoms with van der Waals surface area (Å²) in [6.45, 7) is 0.953. The Morgan fingerprint density at radius 3 is 2.61 bits per heavy atom. The predicted molar refractivity (Wildman–Crippen MR) is 144 cm³/mol. The Bertz CT molecular complexity index is 1760. The van der Waals surface area contributed by atoms with Crippen LogP contribution in [-0.2, 0) is 10.0 Å². The summed E-state index contributed by atoms with van der Waals surface area (Å²) in [6, 6.07) is 19.8. The zero-order chi connectivity index (χ0) is 26.3. The standard InChI is InChI=1S/C27H28N4O6S/c32-19(17-36-31-24-7-3-2-6-23(24)29-27(31)33)16-28-18-11-13-30(14-12-18)38(34,35)20-9-10-26-22(15-20)21-5-1-4-8-25(21)37-26/h1-10,15,18-19,28,32H,11-14,16-17H2,(H,29,33). The molecule has 1 aliphatic rings. The van der Waals surface area contributed by atoms with Crippen LogP contribution in [0.15, 0.2) is 80.8 Å². The first-order valence-electron chi connectivity index (χ1n) is 12.6. The van der Waals surface area contributed by atoms with Gasteiger partial charge in [-0.2, -0.15) is 4.31 Å². The number of benzene rings is 3. The van der Waals surface area contributed by atoms with Gasteiger partial charge in [-0.1, -0.05) is 30.3 Å². The third-order valence-electron chi connectivity index (χ3n) is 7.03. The average Bonchev–Trinajstić information content (AvgIpc) is 3.47. The molecule has 5 aromatic rings. The number of aliphatic hydroxyl groups excluding tert-OH is 1. The lowest BCUT2D eigenvalue weighted by molar-refractivity contribution is 0.0259. The van der Waals surface area contributed by atoms with Gasteiger partial charge in [-0.05, 0) is 49.2 Å². The second-order valence-corrected chi connectivity index (χ2v) is 11.5. The second kappa shape index (κ2) is 9.91. The van der Waals surface area contributed by atoms with E-state index in [1.807, 2.05) is 30.3 Å². The first-order valence-corrected chi connectivity index (χ1v) is 14.0. The van der Waals surface area contributed by atoms with Crippen molar-refractivity contribution in [2.75, 3.05) is 26.2 Å². The van der Waals surface area contributed by atoms with Crippen molar-refractivity contribution in [2.24, 2.45) is 0 Å². The van der Waals surface area contributed by atoms with Gasteiger partial charge < -0.3 is 24.7 Å². The Morgan fingerprint density at radius 1 is 1.03 bits per heavy atom. The van der Waals surface area contributed by atoms with Crippen LogP contribution in [0, 0.1) is 0 Å². The molecule has 3 aromatic carbocycles. The van der Waals surface area contributed by atoms with Gasteiger partial charge in [0.2, 0.25) is 10.0 Å². The van der Waals surface area contributed by atoms with Gasteiger partial charge in [-0.15, -0.1) is 4.73 Å². The molecule has 1 aliphatic heterocycles. The van der Waals surface area contributed by atoms with Gasteiger partial charge in [-0.3, -0.25) is 0 Å². The van der Waals surface area contributed by atoms with E-state index in [2.05, 4.69) is 10.3 Å². The molecule has 0 radical (unpaired) electrons. The van der Waals surface area contributed by atoms with Crippen LogP contribution < -0.4 is 15.8 Å². The summed E-state index contributed by atoms with van der Waals surface area (Å²) in [5, 5.41) is 15.4. The molecule has 1 saturated heterocycles. The number of aromatic nitrogens is 2. The van der Waals surface area contributed by atoms with Crippen molar-refractivity contribution in [2.45, 2.75) is 29.9 Å². The van der Waals surface area contributed by atoms with Crippen molar-refractivity contribution in [3.8, 4) is 0 Å². The van der Waals surface area contributed by atoms with Crippen LogP contribution in [0.25, 0.3) is 33.0 Å². The minimum absolute atomic E-state index is 0.0622. The molecule has 3 heterocycles. The first kappa shape index (κ1) is 24.7. The lowest BCUT2D eigenvalue weighted by Gasteiger charge is -2.32. The van der Waals surface area contributed by atoms with Gasteiger partial charge in [0.05, 0.1) is 10.4 Å². The highest BCUT2D eigenvalue weighted by atomic mass is 32.2. The molecule has 1 unspecified atom stereocenters. The van der Waals surface area contributed by atoms with Gasteiger partial charge >= 0.3 is 5.69 Å². The van der Waals surface area contributed by atoms with Gasteiger partial charge in [0.25, 0.3) is 0 Å². The maximum Gasteiger partial charge on any atom is 0.359 e. The van der Waals surface area contributed by atoms with Crippen molar-refractivity contribution in [3.05, 3.63) is 77.2 Å². The van der Waals surface area contributed by atoms with E-state index < -0.39 is 21.8 Å². The maximum atomic E-state index is 13.4. The quantitative estimate of drug-likeness (QED) is 0.278. The third-order valence-corrected chi connectivity index (χ3v) is 8.92. The largest absolute Gasteiger partial charge is 0.456 e. The summed E-state index contributed by atoms with van der Waals surface area (Å²) in [5.74, 6) is 0. The van der Waals surface area contributed by atoms with Crippen LogP contribution in [0.2, 0.25) is 0 Å². The number of aliphatic hydroxyl groups is 1. The number of sulfonamides is 1. The molecule has 0 bridgehead atoms. The van der Waals surface area contributed by atoms with Gasteiger partial charge in [-0.25, -0.2) is 13.2 Å². The van der Waals surface area contributed by atoms with E-state index in [4.69, 9.17) is 9.25 Å². The molecule has 10 nitrogen and oxygen atoms in total. The molecule has 0 aliphatic carbocycles. The number of aromatic amines is 1. The van der Waals surface area contributed by atoms with Crippen LogP contribution in [0.1, 0.15) is 12.8 Å². The zero-order valence-corrected chi connectivity index (χ0v) is 21.4. The number of rotatable bonds is 8. The normalized spacial score (nSPS) is 16.4. The molecule has 0 amide bonds. The first-order chi connectivity index (χ1) is 18.4. The van der Waals surface area contributed by atoms with E-state index in [-0.39, 0.29) is 24.1 Å². The summed E-state index contributed by atoms with van der Waals surface area (Å²) in [4.78, 5) is 20.6. The molecule has 6 rings (SSSR count). The van der Waals surface area contributed by atoms with E-state index in [1.54, 1.807) is 36.4 Å². The highest BCUT2D eigenvalue weighted by molar-refractivity contribution is 7.89. The molecular weight excluding hydrogens is 508 g/mol. The molecule has 198 valence electrons.